The third-order valence-electron chi connectivity index (χ3n) is 5.87. The Kier molecular flexibility index (Phi) is 2.97. The molecule has 0 aromatic carbocycles. The van der Waals surface area contributed by atoms with Gasteiger partial charge in [0.05, 0.1) is 0 Å². The first-order valence-electron chi connectivity index (χ1n) is 7.59. The fraction of sp³-hybridized carbons (Fsp3) is 0.706. The normalized spacial score (nSPS) is 37.5. The monoisotopic (exact) mass is 258 g/mol. The van der Waals surface area contributed by atoms with E-state index < -0.39 is 0 Å². The van der Waals surface area contributed by atoms with Crippen LogP contribution >= 0.6 is 0 Å². The largest absolute Gasteiger partial charge is 0.306 e. The SMILES string of the molecule is C[C@@H](NC1C(C)(C)[C@H]2CC[C@]1(C)C2)c1cccnc1. The van der Waals surface area contributed by atoms with E-state index in [0.29, 0.717) is 22.9 Å². The Balaban J connectivity index is 1.80. The summed E-state index contributed by atoms with van der Waals surface area (Å²) in [7, 11) is 0. The van der Waals surface area contributed by atoms with Crippen molar-refractivity contribution in [1.29, 1.82) is 0 Å². The van der Waals surface area contributed by atoms with Gasteiger partial charge in [-0.05, 0) is 54.6 Å². The van der Waals surface area contributed by atoms with Crippen LogP contribution in [-0.2, 0) is 0 Å². The minimum Gasteiger partial charge on any atom is -0.306 e. The van der Waals surface area contributed by atoms with Crippen molar-refractivity contribution in [2.24, 2.45) is 16.7 Å². The van der Waals surface area contributed by atoms with Gasteiger partial charge in [-0.25, -0.2) is 0 Å². The molecule has 2 aliphatic rings. The molecule has 2 heteroatoms. The van der Waals surface area contributed by atoms with Crippen LogP contribution in [-0.4, -0.2) is 11.0 Å². The molecule has 0 amide bonds. The van der Waals surface area contributed by atoms with Gasteiger partial charge in [-0.15, -0.1) is 0 Å². The summed E-state index contributed by atoms with van der Waals surface area (Å²) >= 11 is 0. The van der Waals surface area contributed by atoms with Crippen molar-refractivity contribution in [3.05, 3.63) is 30.1 Å². The fourth-order valence-corrected chi connectivity index (χ4v) is 4.70. The fourth-order valence-electron chi connectivity index (χ4n) is 4.70. The lowest BCUT2D eigenvalue weighted by Crippen LogP contribution is -2.50. The highest BCUT2D eigenvalue weighted by Crippen LogP contribution is 2.62. The summed E-state index contributed by atoms with van der Waals surface area (Å²) in [5.74, 6) is 0.899. The van der Waals surface area contributed by atoms with Crippen molar-refractivity contribution >= 4 is 0 Å². The van der Waals surface area contributed by atoms with Crippen molar-refractivity contribution in [2.75, 3.05) is 0 Å². The molecule has 2 aliphatic carbocycles. The van der Waals surface area contributed by atoms with Gasteiger partial charge in [0.1, 0.15) is 0 Å². The Labute approximate surface area is 117 Å². The predicted octanol–water partition coefficient (Wildman–Crippen LogP) is 3.95. The van der Waals surface area contributed by atoms with Gasteiger partial charge in [0.15, 0.2) is 0 Å². The lowest BCUT2D eigenvalue weighted by molar-refractivity contribution is 0.100. The summed E-state index contributed by atoms with van der Waals surface area (Å²) in [5.41, 5.74) is 2.21. The number of nitrogens with zero attached hydrogens (tertiary/aromatic N) is 1. The molecule has 2 saturated carbocycles. The highest BCUT2D eigenvalue weighted by molar-refractivity contribution is 5.17. The molecule has 1 aromatic rings. The maximum Gasteiger partial charge on any atom is 0.0315 e. The van der Waals surface area contributed by atoms with Crippen LogP contribution in [0.1, 0.15) is 58.6 Å². The molecule has 1 N–H and O–H groups in total. The van der Waals surface area contributed by atoms with Crippen molar-refractivity contribution in [3.63, 3.8) is 0 Å². The second-order valence-corrected chi connectivity index (χ2v) is 7.52. The summed E-state index contributed by atoms with van der Waals surface area (Å²) in [4.78, 5) is 4.24. The number of fused-ring (bicyclic) bond motifs is 2. The molecule has 1 unspecified atom stereocenters. The van der Waals surface area contributed by atoms with Crippen molar-refractivity contribution in [1.82, 2.24) is 10.3 Å². The van der Waals surface area contributed by atoms with Gasteiger partial charge in [0.25, 0.3) is 0 Å². The number of rotatable bonds is 3. The van der Waals surface area contributed by atoms with E-state index in [1.165, 1.54) is 24.8 Å². The highest BCUT2D eigenvalue weighted by Gasteiger charge is 2.59. The third-order valence-corrected chi connectivity index (χ3v) is 5.87. The molecule has 2 nitrogen and oxygen atoms in total. The van der Waals surface area contributed by atoms with Crippen LogP contribution in [0.15, 0.2) is 24.5 Å². The maximum absolute atomic E-state index is 4.24. The zero-order valence-electron chi connectivity index (χ0n) is 12.6. The highest BCUT2D eigenvalue weighted by atomic mass is 15.0. The topological polar surface area (TPSA) is 24.9 Å². The first-order valence-corrected chi connectivity index (χ1v) is 7.59. The van der Waals surface area contributed by atoms with Crippen LogP contribution in [0, 0.1) is 16.7 Å². The molecule has 0 saturated heterocycles. The Morgan fingerprint density at radius 3 is 2.74 bits per heavy atom. The van der Waals surface area contributed by atoms with Crippen molar-refractivity contribution in [3.8, 4) is 0 Å². The number of hydrogen-bond acceptors (Lipinski definition) is 2. The Morgan fingerprint density at radius 1 is 1.37 bits per heavy atom. The molecule has 0 aliphatic heterocycles. The number of pyridine rings is 1. The molecule has 2 bridgehead atoms. The molecule has 104 valence electrons. The van der Waals surface area contributed by atoms with Crippen LogP contribution in [0.2, 0.25) is 0 Å². The minimum absolute atomic E-state index is 0.383. The lowest BCUT2D eigenvalue weighted by Gasteiger charge is -2.44. The van der Waals surface area contributed by atoms with E-state index >= 15 is 0 Å². The second-order valence-electron chi connectivity index (χ2n) is 7.52. The summed E-state index contributed by atoms with van der Waals surface area (Å²) in [6.45, 7) is 9.66. The van der Waals surface area contributed by atoms with E-state index in [4.69, 9.17) is 0 Å². The number of aromatic nitrogens is 1. The summed E-state index contributed by atoms with van der Waals surface area (Å²) < 4.78 is 0. The van der Waals surface area contributed by atoms with Gasteiger partial charge in [-0.1, -0.05) is 26.8 Å². The van der Waals surface area contributed by atoms with Gasteiger partial charge in [0, 0.05) is 24.5 Å². The van der Waals surface area contributed by atoms with Crippen LogP contribution in [0.4, 0.5) is 0 Å². The molecule has 0 radical (unpaired) electrons. The lowest BCUT2D eigenvalue weighted by atomic mass is 9.68. The molecular weight excluding hydrogens is 232 g/mol. The molecule has 4 atom stereocenters. The van der Waals surface area contributed by atoms with Crippen LogP contribution in [0.3, 0.4) is 0 Å². The molecule has 0 spiro atoms. The van der Waals surface area contributed by atoms with Crippen LogP contribution in [0.5, 0.6) is 0 Å². The average Bonchev–Trinajstić information content (AvgIpc) is 2.87. The number of nitrogens with one attached hydrogen (secondary N) is 1. The van der Waals surface area contributed by atoms with Gasteiger partial charge in [0.2, 0.25) is 0 Å². The first kappa shape index (κ1) is 13.1. The summed E-state index contributed by atoms with van der Waals surface area (Å²) in [6.07, 6.45) is 8.04. The van der Waals surface area contributed by atoms with E-state index in [1.807, 2.05) is 18.5 Å². The van der Waals surface area contributed by atoms with E-state index in [9.17, 15) is 0 Å². The molecule has 19 heavy (non-hydrogen) atoms. The Hall–Kier alpha value is -0.890. The minimum atomic E-state index is 0.383. The Bertz CT molecular complexity index is 449. The smallest absolute Gasteiger partial charge is 0.0315 e. The molecule has 1 aromatic heterocycles. The standard InChI is InChI=1S/C17H26N2/c1-12(13-6-5-9-18-11-13)19-15-16(2,3)14-7-8-17(15,4)10-14/h5-6,9,11-12,14-15,19H,7-8,10H2,1-4H3/t12-,14+,15?,17-/m1/s1. The first-order chi connectivity index (χ1) is 8.93. The van der Waals surface area contributed by atoms with Gasteiger partial charge in [-0.2, -0.15) is 0 Å². The van der Waals surface area contributed by atoms with E-state index in [0.717, 1.165) is 5.92 Å². The van der Waals surface area contributed by atoms with Gasteiger partial charge < -0.3 is 5.32 Å². The summed E-state index contributed by atoms with van der Waals surface area (Å²) in [6, 6.07) is 5.21. The molecule has 3 rings (SSSR count). The molecular formula is C17H26N2. The van der Waals surface area contributed by atoms with Gasteiger partial charge in [-0.3, -0.25) is 4.98 Å². The average molecular weight is 258 g/mol. The number of hydrogen-bond donors (Lipinski definition) is 1. The predicted molar refractivity (Wildman–Crippen MR) is 78.8 cm³/mol. The quantitative estimate of drug-likeness (QED) is 0.888. The van der Waals surface area contributed by atoms with Crippen molar-refractivity contribution in [2.45, 2.75) is 59.0 Å². The molecule has 1 heterocycles. The maximum atomic E-state index is 4.24. The molecule has 2 fully saturated rings. The van der Waals surface area contributed by atoms with E-state index in [1.54, 1.807) is 0 Å². The van der Waals surface area contributed by atoms with Crippen LogP contribution < -0.4 is 5.32 Å². The van der Waals surface area contributed by atoms with Crippen LogP contribution in [0.25, 0.3) is 0 Å². The van der Waals surface area contributed by atoms with Gasteiger partial charge >= 0.3 is 0 Å². The van der Waals surface area contributed by atoms with E-state index in [-0.39, 0.29) is 0 Å². The van der Waals surface area contributed by atoms with E-state index in [2.05, 4.69) is 44.1 Å². The Morgan fingerprint density at radius 2 is 2.16 bits per heavy atom. The second kappa shape index (κ2) is 4.31. The summed E-state index contributed by atoms with van der Waals surface area (Å²) in [5, 5.41) is 3.92. The zero-order valence-corrected chi connectivity index (χ0v) is 12.6. The third kappa shape index (κ3) is 2.01. The zero-order chi connectivity index (χ0) is 13.7. The van der Waals surface area contributed by atoms with Crippen molar-refractivity contribution < 1.29 is 0 Å².